The van der Waals surface area contributed by atoms with Gasteiger partial charge in [0.1, 0.15) is 0 Å². The van der Waals surface area contributed by atoms with Gasteiger partial charge in [-0.05, 0) is 50.3 Å². The summed E-state index contributed by atoms with van der Waals surface area (Å²) < 4.78 is 0. The van der Waals surface area contributed by atoms with Crippen molar-refractivity contribution in [3.63, 3.8) is 0 Å². The topological polar surface area (TPSA) is 52.6 Å². The van der Waals surface area contributed by atoms with E-state index in [1.165, 1.54) is 30.5 Å². The molecule has 0 N–H and O–H groups in total. The minimum Gasteiger partial charge on any atom is -0.368 e. The lowest BCUT2D eigenvalue weighted by Gasteiger charge is -2.36. The summed E-state index contributed by atoms with van der Waals surface area (Å²) >= 11 is 0. The minimum absolute atomic E-state index is 0.0335. The average Bonchev–Trinajstić information content (AvgIpc) is 2.79. The third-order valence-corrected chi connectivity index (χ3v) is 6.17. The quantitative estimate of drug-likeness (QED) is 0.796. The van der Waals surface area contributed by atoms with Crippen molar-refractivity contribution in [3.05, 3.63) is 47.8 Å². The monoisotopic (exact) mass is 393 g/mol. The zero-order chi connectivity index (χ0) is 20.2. The number of carbonyl (C=O) groups is 1. The van der Waals surface area contributed by atoms with Crippen LogP contribution >= 0.6 is 0 Å². The highest BCUT2D eigenvalue weighted by Gasteiger charge is 2.25. The zero-order valence-corrected chi connectivity index (χ0v) is 17.5. The molecule has 0 bridgehead atoms. The molecule has 6 nitrogen and oxygen atoms in total. The number of benzene rings is 1. The third-order valence-electron chi connectivity index (χ3n) is 6.17. The van der Waals surface area contributed by atoms with Crippen molar-refractivity contribution in [1.82, 2.24) is 14.9 Å². The van der Waals surface area contributed by atoms with E-state index in [0.717, 1.165) is 45.1 Å². The lowest BCUT2D eigenvalue weighted by Crippen LogP contribution is -2.48. The van der Waals surface area contributed by atoms with E-state index in [0.29, 0.717) is 11.6 Å². The summed E-state index contributed by atoms with van der Waals surface area (Å²) in [5, 5.41) is 0. The summed E-state index contributed by atoms with van der Waals surface area (Å²) in [5.74, 6) is 0.795. The predicted octanol–water partition coefficient (Wildman–Crippen LogP) is 3.52. The number of piperazine rings is 1. The highest BCUT2D eigenvalue weighted by atomic mass is 16.2. The predicted molar refractivity (Wildman–Crippen MR) is 117 cm³/mol. The van der Waals surface area contributed by atoms with Gasteiger partial charge in [0.25, 0.3) is 5.91 Å². The lowest BCUT2D eigenvalue weighted by molar-refractivity contribution is 0.0746. The molecule has 2 aliphatic rings. The number of piperidine rings is 1. The average molecular weight is 394 g/mol. The molecule has 2 saturated heterocycles. The summed E-state index contributed by atoms with van der Waals surface area (Å²) in [5.41, 5.74) is 3.08. The maximum absolute atomic E-state index is 12.9. The molecule has 0 spiro atoms. The number of hydrogen-bond donors (Lipinski definition) is 0. The van der Waals surface area contributed by atoms with Crippen LogP contribution in [0, 0.1) is 6.92 Å². The number of hydrogen-bond acceptors (Lipinski definition) is 5. The second-order valence-electron chi connectivity index (χ2n) is 8.14. The summed E-state index contributed by atoms with van der Waals surface area (Å²) in [6.45, 7) is 8.47. The van der Waals surface area contributed by atoms with Crippen LogP contribution in [0.1, 0.15) is 48.5 Å². The minimum atomic E-state index is 0.0335. The molecular formula is C23H31N5O. The second kappa shape index (κ2) is 8.80. The van der Waals surface area contributed by atoms with Gasteiger partial charge in [0, 0.05) is 56.8 Å². The van der Waals surface area contributed by atoms with E-state index in [1.807, 2.05) is 4.90 Å². The van der Waals surface area contributed by atoms with Gasteiger partial charge in [-0.25, -0.2) is 9.97 Å². The Bertz CT molecular complexity index is 829. The fourth-order valence-electron chi connectivity index (χ4n) is 4.44. The van der Waals surface area contributed by atoms with Gasteiger partial charge in [0.15, 0.2) is 0 Å². The van der Waals surface area contributed by atoms with Crippen LogP contribution in [0.4, 0.5) is 11.6 Å². The fraction of sp³-hybridized carbons (Fsp3) is 0.522. The van der Waals surface area contributed by atoms with Crippen LogP contribution < -0.4 is 9.80 Å². The number of aromatic nitrogens is 2. The molecule has 1 aromatic carbocycles. The van der Waals surface area contributed by atoms with Gasteiger partial charge in [-0.2, -0.15) is 0 Å². The first-order chi connectivity index (χ1) is 14.2. The van der Waals surface area contributed by atoms with Crippen molar-refractivity contribution in [2.24, 2.45) is 0 Å². The van der Waals surface area contributed by atoms with E-state index in [2.05, 4.69) is 57.9 Å². The normalized spacial score (nSPS) is 20.1. The molecule has 1 atom stereocenters. The second-order valence-corrected chi connectivity index (χ2v) is 8.14. The van der Waals surface area contributed by atoms with Crippen LogP contribution in [0.25, 0.3) is 0 Å². The smallest absolute Gasteiger partial charge is 0.257 e. The number of rotatable bonds is 4. The molecule has 29 heavy (non-hydrogen) atoms. The number of carbonyl (C=O) groups excluding carboxylic acids is 1. The Morgan fingerprint density at radius 2 is 1.83 bits per heavy atom. The van der Waals surface area contributed by atoms with Gasteiger partial charge in [-0.15, -0.1) is 0 Å². The van der Waals surface area contributed by atoms with E-state index >= 15 is 0 Å². The van der Waals surface area contributed by atoms with E-state index in [4.69, 9.17) is 0 Å². The van der Waals surface area contributed by atoms with Crippen LogP contribution in [-0.4, -0.2) is 59.5 Å². The molecule has 0 aliphatic carbocycles. The zero-order valence-electron chi connectivity index (χ0n) is 17.5. The summed E-state index contributed by atoms with van der Waals surface area (Å²) in [7, 11) is 0. The summed E-state index contributed by atoms with van der Waals surface area (Å²) in [6, 6.07) is 9.06. The summed E-state index contributed by atoms with van der Waals surface area (Å²) in [4.78, 5) is 28.6. The molecule has 1 amide bonds. The van der Waals surface area contributed by atoms with E-state index < -0.39 is 0 Å². The van der Waals surface area contributed by atoms with Gasteiger partial charge < -0.3 is 14.7 Å². The highest BCUT2D eigenvalue weighted by Crippen LogP contribution is 2.24. The van der Waals surface area contributed by atoms with E-state index in [1.54, 1.807) is 12.4 Å². The maximum atomic E-state index is 12.9. The number of amides is 1. The number of nitrogens with zero attached hydrogens (tertiary/aromatic N) is 5. The van der Waals surface area contributed by atoms with Gasteiger partial charge in [0.05, 0.1) is 5.56 Å². The Hall–Kier alpha value is -2.63. The molecule has 2 fully saturated rings. The Labute approximate surface area is 173 Å². The SMILES string of the molecule is CCC1CCCCN1c1ncc(C(=O)N2CCN(c3cccc(C)c3)CC2)cn1. The molecule has 2 aromatic rings. The molecule has 4 rings (SSSR count). The highest BCUT2D eigenvalue weighted by molar-refractivity contribution is 5.93. The van der Waals surface area contributed by atoms with E-state index in [-0.39, 0.29) is 5.91 Å². The first-order valence-corrected chi connectivity index (χ1v) is 10.9. The van der Waals surface area contributed by atoms with Crippen molar-refractivity contribution in [1.29, 1.82) is 0 Å². The van der Waals surface area contributed by atoms with Crippen molar-refractivity contribution < 1.29 is 4.79 Å². The molecule has 2 aliphatic heterocycles. The Morgan fingerprint density at radius 1 is 1.07 bits per heavy atom. The molecular weight excluding hydrogens is 362 g/mol. The molecule has 154 valence electrons. The lowest BCUT2D eigenvalue weighted by atomic mass is 10.0. The van der Waals surface area contributed by atoms with Crippen LogP contribution in [0.15, 0.2) is 36.7 Å². The van der Waals surface area contributed by atoms with E-state index in [9.17, 15) is 4.79 Å². The first-order valence-electron chi connectivity index (χ1n) is 10.9. The number of aryl methyl sites for hydroxylation is 1. The Morgan fingerprint density at radius 3 is 2.52 bits per heavy atom. The first kappa shape index (κ1) is 19.7. The van der Waals surface area contributed by atoms with Crippen molar-refractivity contribution in [3.8, 4) is 0 Å². The molecule has 3 heterocycles. The van der Waals surface area contributed by atoms with Crippen LogP contribution in [-0.2, 0) is 0 Å². The summed E-state index contributed by atoms with van der Waals surface area (Å²) in [6.07, 6.45) is 8.19. The largest absolute Gasteiger partial charge is 0.368 e. The third kappa shape index (κ3) is 4.36. The van der Waals surface area contributed by atoms with Gasteiger partial charge in [-0.1, -0.05) is 19.1 Å². The van der Waals surface area contributed by atoms with Crippen molar-refractivity contribution in [2.45, 2.75) is 45.6 Å². The molecule has 6 heteroatoms. The number of anilines is 2. The Kier molecular flexibility index (Phi) is 5.97. The van der Waals surface area contributed by atoms with Crippen molar-refractivity contribution in [2.75, 3.05) is 42.5 Å². The van der Waals surface area contributed by atoms with Crippen LogP contribution in [0.2, 0.25) is 0 Å². The molecule has 0 radical (unpaired) electrons. The van der Waals surface area contributed by atoms with Crippen molar-refractivity contribution >= 4 is 17.5 Å². The molecule has 1 aromatic heterocycles. The Balaban J connectivity index is 1.37. The van der Waals surface area contributed by atoms with Crippen LogP contribution in [0.5, 0.6) is 0 Å². The molecule has 1 unspecified atom stereocenters. The fourth-order valence-corrected chi connectivity index (χ4v) is 4.44. The molecule has 0 saturated carbocycles. The van der Waals surface area contributed by atoms with Gasteiger partial charge >= 0.3 is 0 Å². The van der Waals surface area contributed by atoms with Gasteiger partial charge in [-0.3, -0.25) is 4.79 Å². The standard InChI is InChI=1S/C23H31N5O/c1-3-20-8-4-5-10-28(20)23-24-16-19(17-25-23)22(29)27-13-11-26(12-14-27)21-9-6-7-18(2)15-21/h6-7,9,15-17,20H,3-5,8,10-14H2,1-2H3. The van der Waals surface area contributed by atoms with Gasteiger partial charge in [0.2, 0.25) is 5.95 Å². The maximum Gasteiger partial charge on any atom is 0.257 e. The van der Waals surface area contributed by atoms with Crippen LogP contribution in [0.3, 0.4) is 0 Å².